The van der Waals surface area contributed by atoms with Crippen LogP contribution < -0.4 is 5.32 Å². The van der Waals surface area contributed by atoms with Crippen LogP contribution in [0.2, 0.25) is 5.02 Å². The molecule has 124 valence electrons. The van der Waals surface area contributed by atoms with E-state index in [0.717, 1.165) is 19.0 Å². The van der Waals surface area contributed by atoms with Crippen molar-refractivity contribution in [2.45, 2.75) is 24.9 Å². The molecule has 0 unspecified atom stereocenters. The maximum absolute atomic E-state index is 12.4. The van der Waals surface area contributed by atoms with E-state index in [1.54, 1.807) is 18.2 Å². The third kappa shape index (κ3) is 2.94. The van der Waals surface area contributed by atoms with Crippen molar-refractivity contribution in [3.63, 3.8) is 0 Å². The van der Waals surface area contributed by atoms with Crippen molar-refractivity contribution in [1.29, 1.82) is 0 Å². The van der Waals surface area contributed by atoms with Crippen LogP contribution >= 0.6 is 11.6 Å². The number of carbonyl (C=O) groups excluding carboxylic acids is 1. The Labute approximate surface area is 147 Å². The molecule has 1 N–H and O–H groups in total. The highest BCUT2D eigenvalue weighted by Crippen LogP contribution is 2.50. The van der Waals surface area contributed by atoms with Crippen LogP contribution in [-0.2, 0) is 6.54 Å². The molecule has 2 aromatic rings. The quantitative estimate of drug-likeness (QED) is 0.899. The summed E-state index contributed by atoms with van der Waals surface area (Å²) >= 11 is 5.98. The zero-order valence-corrected chi connectivity index (χ0v) is 14.3. The highest BCUT2D eigenvalue weighted by molar-refractivity contribution is 6.30. The highest BCUT2D eigenvalue weighted by Gasteiger charge is 2.55. The van der Waals surface area contributed by atoms with Gasteiger partial charge in [0.05, 0.1) is 0 Å². The Bertz CT molecular complexity index is 740. The Kier molecular flexibility index (Phi) is 4.07. The van der Waals surface area contributed by atoms with E-state index in [0.29, 0.717) is 17.1 Å². The molecular weight excluding hydrogens is 320 g/mol. The van der Waals surface area contributed by atoms with E-state index >= 15 is 0 Å². The largest absolute Gasteiger partial charge is 0.350 e. The van der Waals surface area contributed by atoms with Crippen LogP contribution in [-0.4, -0.2) is 29.4 Å². The Balaban J connectivity index is 1.41. The lowest BCUT2D eigenvalue weighted by molar-refractivity contribution is 0.0798. The molecule has 1 amide bonds. The molecule has 0 aromatic heterocycles. The predicted molar refractivity (Wildman–Crippen MR) is 96.1 cm³/mol. The normalized spacial score (nSPS) is 25.3. The summed E-state index contributed by atoms with van der Waals surface area (Å²) in [6, 6.07) is 17.7. The molecule has 3 aliphatic rings. The van der Waals surface area contributed by atoms with Crippen LogP contribution in [0.4, 0.5) is 0 Å². The van der Waals surface area contributed by atoms with Crippen LogP contribution in [0.25, 0.3) is 0 Å². The van der Waals surface area contributed by atoms with Crippen molar-refractivity contribution < 1.29 is 4.79 Å². The van der Waals surface area contributed by atoms with Gasteiger partial charge in [-0.3, -0.25) is 9.69 Å². The molecule has 3 nitrogen and oxygen atoms in total. The number of nitrogens with one attached hydrogen (secondary N) is 1. The lowest BCUT2D eigenvalue weighted by Gasteiger charge is -2.42. The maximum atomic E-state index is 12.4. The molecule has 4 heteroatoms. The van der Waals surface area contributed by atoms with E-state index < -0.39 is 0 Å². The van der Waals surface area contributed by atoms with Crippen molar-refractivity contribution >= 4 is 17.5 Å². The van der Waals surface area contributed by atoms with Crippen molar-refractivity contribution in [3.8, 4) is 0 Å². The van der Waals surface area contributed by atoms with Gasteiger partial charge >= 0.3 is 0 Å². The lowest BCUT2D eigenvalue weighted by atomic mass is 9.73. The van der Waals surface area contributed by atoms with Crippen molar-refractivity contribution in [2.75, 3.05) is 13.1 Å². The monoisotopic (exact) mass is 340 g/mol. The highest BCUT2D eigenvalue weighted by atomic mass is 35.5. The van der Waals surface area contributed by atoms with Gasteiger partial charge in [-0.15, -0.1) is 0 Å². The number of amides is 1. The molecule has 2 aromatic carbocycles. The smallest absolute Gasteiger partial charge is 0.251 e. The summed E-state index contributed by atoms with van der Waals surface area (Å²) in [6.45, 7) is 2.81. The fourth-order valence-electron chi connectivity index (χ4n) is 4.18. The molecule has 2 saturated heterocycles. The van der Waals surface area contributed by atoms with Gasteiger partial charge in [-0.25, -0.2) is 0 Å². The standard InChI is InChI=1S/C20H21ClN2O/c21-18-8-4-7-17(9-18)19(24)22-14-20-10-16(11-20)13-23(20)12-15-5-2-1-3-6-15/h1-9,16H,10-14H2,(H,22,24). The number of halogens is 1. The lowest BCUT2D eigenvalue weighted by Crippen LogP contribution is -2.53. The van der Waals surface area contributed by atoms with Gasteiger partial charge in [-0.1, -0.05) is 48.0 Å². The molecule has 1 aliphatic carbocycles. The van der Waals surface area contributed by atoms with Crippen molar-refractivity contribution in [2.24, 2.45) is 5.92 Å². The van der Waals surface area contributed by atoms with E-state index in [-0.39, 0.29) is 11.4 Å². The van der Waals surface area contributed by atoms with Gasteiger partial charge in [0.1, 0.15) is 0 Å². The van der Waals surface area contributed by atoms with Gasteiger partial charge in [0.15, 0.2) is 0 Å². The van der Waals surface area contributed by atoms with Crippen LogP contribution in [0.1, 0.15) is 28.8 Å². The molecule has 0 radical (unpaired) electrons. The first-order valence-electron chi connectivity index (χ1n) is 8.47. The van der Waals surface area contributed by atoms with Crippen LogP contribution in [0.3, 0.4) is 0 Å². The third-order valence-electron chi connectivity index (χ3n) is 5.37. The zero-order chi connectivity index (χ0) is 16.6. The number of fused-ring (bicyclic) bond motifs is 1. The summed E-state index contributed by atoms with van der Waals surface area (Å²) in [7, 11) is 0. The van der Waals surface area contributed by atoms with E-state index in [2.05, 4.69) is 34.5 Å². The number of benzene rings is 2. The Morgan fingerprint density at radius 2 is 1.96 bits per heavy atom. The molecule has 2 heterocycles. The predicted octanol–water partition coefficient (Wildman–Crippen LogP) is 3.73. The molecule has 0 atom stereocenters. The number of carbonyl (C=O) groups is 1. The van der Waals surface area contributed by atoms with Gasteiger partial charge in [0, 0.05) is 35.8 Å². The number of hydrogen-bond donors (Lipinski definition) is 1. The summed E-state index contributed by atoms with van der Waals surface area (Å²) in [5.74, 6) is 0.749. The van der Waals surface area contributed by atoms with Crippen LogP contribution in [0.5, 0.6) is 0 Å². The van der Waals surface area contributed by atoms with Crippen molar-refractivity contribution in [1.82, 2.24) is 10.2 Å². The Morgan fingerprint density at radius 3 is 2.71 bits per heavy atom. The van der Waals surface area contributed by atoms with Gasteiger partial charge in [0.25, 0.3) is 5.91 Å². The molecule has 5 rings (SSSR count). The minimum atomic E-state index is -0.0399. The van der Waals surface area contributed by atoms with E-state index in [1.165, 1.54) is 18.4 Å². The van der Waals surface area contributed by atoms with E-state index in [4.69, 9.17) is 11.6 Å². The number of rotatable bonds is 5. The van der Waals surface area contributed by atoms with E-state index in [1.807, 2.05) is 12.1 Å². The fourth-order valence-corrected chi connectivity index (χ4v) is 4.37. The molecule has 1 saturated carbocycles. The summed E-state index contributed by atoms with van der Waals surface area (Å²) < 4.78 is 0. The molecule has 0 spiro atoms. The fraction of sp³-hybridized carbons (Fsp3) is 0.350. The Morgan fingerprint density at radius 1 is 1.17 bits per heavy atom. The maximum Gasteiger partial charge on any atom is 0.251 e. The second-order valence-electron chi connectivity index (χ2n) is 7.06. The average molecular weight is 341 g/mol. The minimum absolute atomic E-state index is 0.0399. The summed E-state index contributed by atoms with van der Waals surface area (Å²) in [5.41, 5.74) is 2.10. The van der Waals surface area contributed by atoms with Crippen LogP contribution in [0.15, 0.2) is 54.6 Å². The minimum Gasteiger partial charge on any atom is -0.350 e. The molecular formula is C20H21ClN2O. The van der Waals surface area contributed by atoms with E-state index in [9.17, 15) is 4.79 Å². The number of nitrogens with zero attached hydrogens (tertiary/aromatic N) is 1. The summed E-state index contributed by atoms with van der Waals surface area (Å²) in [6.07, 6.45) is 2.38. The van der Waals surface area contributed by atoms with Crippen molar-refractivity contribution in [3.05, 3.63) is 70.7 Å². The average Bonchev–Trinajstić information content (AvgIpc) is 3.07. The zero-order valence-electron chi connectivity index (χ0n) is 13.5. The summed E-state index contributed by atoms with van der Waals surface area (Å²) in [5, 5.41) is 3.72. The van der Waals surface area contributed by atoms with Gasteiger partial charge < -0.3 is 5.32 Å². The van der Waals surface area contributed by atoms with Gasteiger partial charge in [-0.05, 0) is 42.5 Å². The Hall–Kier alpha value is -1.84. The molecule has 2 aliphatic heterocycles. The molecule has 3 fully saturated rings. The molecule has 24 heavy (non-hydrogen) atoms. The summed E-state index contributed by atoms with van der Waals surface area (Å²) in [4.78, 5) is 14.9. The third-order valence-corrected chi connectivity index (χ3v) is 5.60. The van der Waals surface area contributed by atoms with Crippen LogP contribution in [0, 0.1) is 5.92 Å². The first kappa shape index (κ1) is 15.7. The first-order chi connectivity index (χ1) is 11.6. The first-order valence-corrected chi connectivity index (χ1v) is 8.85. The van der Waals surface area contributed by atoms with Gasteiger partial charge in [0.2, 0.25) is 0 Å². The topological polar surface area (TPSA) is 32.3 Å². The number of hydrogen-bond acceptors (Lipinski definition) is 2. The second-order valence-corrected chi connectivity index (χ2v) is 7.49. The SMILES string of the molecule is O=C(NCC12CC(CN1Cc1ccccc1)C2)c1cccc(Cl)c1. The molecule has 2 bridgehead atoms. The second kappa shape index (κ2) is 6.23. The van der Waals surface area contributed by atoms with Gasteiger partial charge in [-0.2, -0.15) is 0 Å².